The summed E-state index contributed by atoms with van der Waals surface area (Å²) in [5.74, 6) is -0.882. The quantitative estimate of drug-likeness (QED) is 0.832. The molecule has 0 bridgehead atoms. The van der Waals surface area contributed by atoms with Crippen LogP contribution in [0.1, 0.15) is 19.0 Å². The molecular weight excluding hydrogens is 356 g/mol. The smallest absolute Gasteiger partial charge is 0.282 e. The first-order valence-electron chi connectivity index (χ1n) is 6.38. The Balaban J connectivity index is 1.99. The van der Waals surface area contributed by atoms with Crippen LogP contribution in [0.15, 0.2) is 18.6 Å². The Morgan fingerprint density at radius 1 is 1.26 bits per heavy atom. The number of rotatable bonds is 6. The molecule has 1 atom stereocenters. The van der Waals surface area contributed by atoms with Gasteiger partial charge in [0.15, 0.2) is 5.82 Å². The largest absolute Gasteiger partial charge is 0.471 e. The zero-order chi connectivity index (χ0) is 17.0. The van der Waals surface area contributed by atoms with Gasteiger partial charge < -0.3 is 10.1 Å². The molecule has 2 heterocycles. The number of aromatic nitrogens is 3. The highest BCUT2D eigenvalue weighted by molar-refractivity contribution is 6.33. The molecule has 0 aromatic carbocycles. The van der Waals surface area contributed by atoms with Crippen molar-refractivity contribution in [2.45, 2.75) is 19.5 Å². The maximum Gasteiger partial charge on any atom is 0.282 e. The van der Waals surface area contributed by atoms with Crippen molar-refractivity contribution in [2.24, 2.45) is 0 Å². The van der Waals surface area contributed by atoms with E-state index in [4.69, 9.17) is 27.9 Å². The van der Waals surface area contributed by atoms with E-state index in [1.54, 1.807) is 6.92 Å². The van der Waals surface area contributed by atoms with Gasteiger partial charge in [-0.3, -0.25) is 0 Å². The van der Waals surface area contributed by atoms with E-state index < -0.39 is 24.0 Å². The molecule has 0 aliphatic heterocycles. The highest BCUT2D eigenvalue weighted by atomic mass is 35.5. The highest BCUT2D eigenvalue weighted by Crippen LogP contribution is 2.29. The number of hydrogen-bond acceptors (Lipinski definition) is 5. The lowest BCUT2D eigenvalue weighted by molar-refractivity contribution is 0.146. The van der Waals surface area contributed by atoms with Crippen molar-refractivity contribution in [3.05, 3.63) is 40.1 Å². The van der Waals surface area contributed by atoms with Crippen LogP contribution >= 0.6 is 23.2 Å². The first-order valence-corrected chi connectivity index (χ1v) is 7.14. The summed E-state index contributed by atoms with van der Waals surface area (Å²) in [6.07, 6.45) is -1.14. The lowest BCUT2D eigenvalue weighted by Crippen LogP contribution is -2.24. The second-order valence-corrected chi connectivity index (χ2v) is 5.29. The third kappa shape index (κ3) is 4.59. The first kappa shape index (κ1) is 17.6. The topological polar surface area (TPSA) is 59.9 Å². The SMILES string of the molecule is C[C@@H](CNc1ncnc(C(F)F)c1Cl)Oc1ncc(Cl)cc1F. The summed E-state index contributed by atoms with van der Waals surface area (Å²) in [5, 5.41) is 2.61. The standard InChI is InChI=1S/C13H11Cl2F3N4O/c1-6(23-13-8(16)2-7(14)4-20-13)3-19-12-9(15)10(11(17)18)21-5-22-12/h2,4-6,11H,3H2,1H3,(H,19,21,22)/t6-/m0/s1. The van der Waals surface area contributed by atoms with Crippen LogP contribution in [0.4, 0.5) is 19.0 Å². The number of alkyl halides is 2. The van der Waals surface area contributed by atoms with E-state index in [1.165, 1.54) is 6.20 Å². The third-order valence-corrected chi connectivity index (χ3v) is 3.25. The van der Waals surface area contributed by atoms with Crippen molar-refractivity contribution < 1.29 is 17.9 Å². The minimum Gasteiger partial charge on any atom is -0.471 e. The average Bonchev–Trinajstić information content (AvgIpc) is 2.49. The Morgan fingerprint density at radius 3 is 2.65 bits per heavy atom. The van der Waals surface area contributed by atoms with Crippen LogP contribution in [-0.2, 0) is 0 Å². The zero-order valence-electron chi connectivity index (χ0n) is 11.7. The molecule has 1 N–H and O–H groups in total. The van der Waals surface area contributed by atoms with Gasteiger partial charge in [0.2, 0.25) is 0 Å². The van der Waals surface area contributed by atoms with Crippen molar-refractivity contribution in [3.8, 4) is 5.88 Å². The second kappa shape index (κ2) is 7.65. The number of pyridine rings is 1. The van der Waals surface area contributed by atoms with Gasteiger partial charge in [-0.2, -0.15) is 0 Å². The number of anilines is 1. The summed E-state index contributed by atoms with van der Waals surface area (Å²) in [6, 6.07) is 1.07. The number of halogens is 5. The highest BCUT2D eigenvalue weighted by Gasteiger charge is 2.18. The van der Waals surface area contributed by atoms with Crippen molar-refractivity contribution >= 4 is 29.0 Å². The van der Waals surface area contributed by atoms with Crippen molar-refractivity contribution in [1.29, 1.82) is 0 Å². The summed E-state index contributed by atoms with van der Waals surface area (Å²) < 4.78 is 44.2. The number of hydrogen-bond donors (Lipinski definition) is 1. The van der Waals surface area contributed by atoms with Gasteiger partial charge in [-0.1, -0.05) is 23.2 Å². The molecule has 23 heavy (non-hydrogen) atoms. The zero-order valence-corrected chi connectivity index (χ0v) is 13.2. The maximum atomic E-state index is 13.6. The van der Waals surface area contributed by atoms with Gasteiger partial charge in [0.05, 0.1) is 11.6 Å². The van der Waals surface area contributed by atoms with Gasteiger partial charge in [0.1, 0.15) is 29.0 Å². The molecule has 0 fully saturated rings. The maximum absolute atomic E-state index is 13.6. The molecule has 10 heteroatoms. The molecular formula is C13H11Cl2F3N4O. The molecule has 0 spiro atoms. The van der Waals surface area contributed by atoms with Crippen molar-refractivity contribution in [1.82, 2.24) is 15.0 Å². The Hall–Kier alpha value is -1.80. The van der Waals surface area contributed by atoms with E-state index in [1.807, 2.05) is 0 Å². The normalized spacial score (nSPS) is 12.3. The van der Waals surface area contributed by atoms with Gasteiger partial charge in [-0.25, -0.2) is 28.1 Å². The van der Waals surface area contributed by atoms with Gasteiger partial charge in [0.25, 0.3) is 12.3 Å². The van der Waals surface area contributed by atoms with Crippen LogP contribution in [-0.4, -0.2) is 27.6 Å². The monoisotopic (exact) mass is 366 g/mol. The molecule has 0 amide bonds. The van der Waals surface area contributed by atoms with E-state index in [0.29, 0.717) is 0 Å². The minimum atomic E-state index is -2.81. The fourth-order valence-corrected chi connectivity index (χ4v) is 2.01. The van der Waals surface area contributed by atoms with Crippen LogP contribution in [0.25, 0.3) is 0 Å². The first-order chi connectivity index (χ1) is 10.9. The third-order valence-electron chi connectivity index (χ3n) is 2.67. The Morgan fingerprint density at radius 2 is 2.00 bits per heavy atom. The molecule has 0 saturated carbocycles. The summed E-state index contributed by atoms with van der Waals surface area (Å²) >= 11 is 11.4. The van der Waals surface area contributed by atoms with E-state index in [0.717, 1.165) is 12.4 Å². The van der Waals surface area contributed by atoms with Crippen LogP contribution in [0.3, 0.4) is 0 Å². The average molecular weight is 367 g/mol. The fourth-order valence-electron chi connectivity index (χ4n) is 1.62. The summed E-state index contributed by atoms with van der Waals surface area (Å²) in [4.78, 5) is 10.9. The number of ether oxygens (including phenoxy) is 1. The van der Waals surface area contributed by atoms with Gasteiger partial charge in [-0.05, 0) is 13.0 Å². The Labute approximate surface area is 139 Å². The molecule has 2 rings (SSSR count). The van der Waals surface area contributed by atoms with E-state index in [2.05, 4.69) is 20.3 Å². The number of nitrogens with zero attached hydrogens (tertiary/aromatic N) is 3. The van der Waals surface area contributed by atoms with Crippen molar-refractivity contribution in [3.63, 3.8) is 0 Å². The Kier molecular flexibility index (Phi) is 5.84. The van der Waals surface area contributed by atoms with Crippen LogP contribution < -0.4 is 10.1 Å². The molecule has 5 nitrogen and oxygen atoms in total. The molecule has 124 valence electrons. The van der Waals surface area contributed by atoms with Gasteiger partial charge in [-0.15, -0.1) is 0 Å². The van der Waals surface area contributed by atoms with Crippen LogP contribution in [0.5, 0.6) is 5.88 Å². The number of nitrogens with one attached hydrogen (secondary N) is 1. The molecule has 0 unspecified atom stereocenters. The van der Waals surface area contributed by atoms with Gasteiger partial charge in [0, 0.05) is 6.20 Å². The molecule has 0 aliphatic carbocycles. The predicted octanol–water partition coefficient (Wildman–Crippen LogP) is 4.13. The molecule has 0 saturated heterocycles. The fraction of sp³-hybridized carbons (Fsp3) is 0.308. The van der Waals surface area contributed by atoms with Gasteiger partial charge >= 0.3 is 0 Å². The predicted molar refractivity (Wildman–Crippen MR) is 79.8 cm³/mol. The van der Waals surface area contributed by atoms with Crippen LogP contribution in [0.2, 0.25) is 10.0 Å². The minimum absolute atomic E-state index is 0.0388. The molecule has 0 aliphatic rings. The second-order valence-electron chi connectivity index (χ2n) is 4.47. The summed E-state index contributed by atoms with van der Waals surface area (Å²) in [6.45, 7) is 1.76. The van der Waals surface area contributed by atoms with E-state index in [-0.39, 0.29) is 28.3 Å². The van der Waals surface area contributed by atoms with Crippen LogP contribution in [0, 0.1) is 5.82 Å². The van der Waals surface area contributed by atoms with E-state index in [9.17, 15) is 13.2 Å². The molecule has 2 aromatic heterocycles. The molecule has 0 radical (unpaired) electrons. The Bertz CT molecular complexity index is 690. The lowest BCUT2D eigenvalue weighted by atomic mass is 10.3. The summed E-state index contributed by atoms with van der Waals surface area (Å²) in [5.41, 5.74) is -0.567. The molecule has 2 aromatic rings. The lowest BCUT2D eigenvalue weighted by Gasteiger charge is -2.16. The van der Waals surface area contributed by atoms with Crippen molar-refractivity contribution in [2.75, 3.05) is 11.9 Å². The van der Waals surface area contributed by atoms with E-state index >= 15 is 0 Å². The summed E-state index contributed by atoms with van der Waals surface area (Å²) in [7, 11) is 0.